The molecule has 0 aliphatic carbocycles. The highest BCUT2D eigenvalue weighted by Crippen LogP contribution is 2.25. The Morgan fingerprint density at radius 2 is 1.90 bits per heavy atom. The summed E-state index contributed by atoms with van der Waals surface area (Å²) in [4.78, 5) is 38.3. The number of piperazine rings is 1. The van der Waals surface area contributed by atoms with Crippen LogP contribution in [0.15, 0.2) is 29.1 Å². The van der Waals surface area contributed by atoms with E-state index in [4.69, 9.17) is 11.6 Å². The molecule has 7 nitrogen and oxygen atoms in total. The summed E-state index contributed by atoms with van der Waals surface area (Å²) in [6.07, 6.45) is 0. The number of benzene rings is 1. The smallest absolute Gasteiger partial charge is 0.321 e. The molecule has 0 bridgehead atoms. The molecule has 0 atom stereocenters. The lowest BCUT2D eigenvalue weighted by Crippen LogP contribution is -2.49. The lowest BCUT2D eigenvalue weighted by molar-refractivity contribution is 0.141. The Hall–Kier alpha value is -2.42. The molecule has 9 heteroatoms. The average molecular weight is 432 g/mol. The van der Waals surface area contributed by atoms with E-state index >= 15 is 0 Å². The zero-order valence-electron chi connectivity index (χ0n) is 16.3. The number of urea groups is 1. The van der Waals surface area contributed by atoms with E-state index in [2.05, 4.69) is 20.2 Å². The van der Waals surface area contributed by atoms with Crippen LogP contribution in [0.2, 0.25) is 5.02 Å². The van der Waals surface area contributed by atoms with Crippen molar-refractivity contribution in [3.05, 3.63) is 55.9 Å². The van der Waals surface area contributed by atoms with Crippen LogP contribution in [-0.4, -0.2) is 52.0 Å². The quantitative estimate of drug-likeness (QED) is 0.663. The Labute approximate surface area is 177 Å². The molecule has 0 saturated carbocycles. The molecule has 2 amide bonds. The van der Waals surface area contributed by atoms with Gasteiger partial charge in [-0.25, -0.2) is 9.78 Å². The first-order valence-electron chi connectivity index (χ1n) is 9.43. The number of hydrogen-bond donors (Lipinski definition) is 2. The number of nitrogens with one attached hydrogen (secondary N) is 2. The van der Waals surface area contributed by atoms with Crippen molar-refractivity contribution in [3.63, 3.8) is 0 Å². The van der Waals surface area contributed by atoms with Crippen molar-refractivity contribution in [2.45, 2.75) is 20.4 Å². The lowest BCUT2D eigenvalue weighted by Gasteiger charge is -2.34. The number of anilines is 1. The van der Waals surface area contributed by atoms with Gasteiger partial charge in [0, 0.05) is 41.8 Å². The summed E-state index contributed by atoms with van der Waals surface area (Å²) in [5.41, 5.74) is 1.65. The van der Waals surface area contributed by atoms with Crippen LogP contribution in [0, 0.1) is 13.8 Å². The second kappa shape index (κ2) is 8.14. The fourth-order valence-electron chi connectivity index (χ4n) is 3.43. The van der Waals surface area contributed by atoms with Gasteiger partial charge in [-0.05, 0) is 43.7 Å². The molecule has 3 aromatic rings. The summed E-state index contributed by atoms with van der Waals surface area (Å²) in [7, 11) is 0. The van der Waals surface area contributed by atoms with Gasteiger partial charge >= 0.3 is 6.03 Å². The number of nitrogens with zero attached hydrogens (tertiary/aromatic N) is 3. The standard InChI is InChI=1S/C20H22ClN5O2S/c1-12-13(2)29-19-17(12)18(27)23-16(24-19)11-25-7-9-26(10-8-25)20(28)22-15-5-3-14(21)4-6-15/h3-6H,7-11H2,1-2H3,(H,22,28)(H,23,24,27). The summed E-state index contributed by atoms with van der Waals surface area (Å²) >= 11 is 7.43. The number of fused-ring (bicyclic) bond motifs is 1. The largest absolute Gasteiger partial charge is 0.322 e. The van der Waals surface area contributed by atoms with Gasteiger partial charge in [-0.1, -0.05) is 11.6 Å². The molecule has 4 rings (SSSR count). The van der Waals surface area contributed by atoms with E-state index in [1.807, 2.05) is 13.8 Å². The van der Waals surface area contributed by atoms with Gasteiger partial charge in [0.25, 0.3) is 5.56 Å². The van der Waals surface area contributed by atoms with E-state index < -0.39 is 0 Å². The highest BCUT2D eigenvalue weighted by atomic mass is 35.5. The molecule has 2 aromatic heterocycles. The molecule has 29 heavy (non-hydrogen) atoms. The van der Waals surface area contributed by atoms with Gasteiger partial charge in [0.05, 0.1) is 11.9 Å². The summed E-state index contributed by atoms with van der Waals surface area (Å²) in [5, 5.41) is 4.22. The number of amides is 2. The summed E-state index contributed by atoms with van der Waals surface area (Å²) in [6, 6.07) is 6.93. The third-order valence-corrected chi connectivity index (χ3v) is 6.57. The van der Waals surface area contributed by atoms with Crippen molar-refractivity contribution >= 4 is 44.9 Å². The topological polar surface area (TPSA) is 81.3 Å². The van der Waals surface area contributed by atoms with Gasteiger partial charge in [-0.3, -0.25) is 9.69 Å². The lowest BCUT2D eigenvalue weighted by atomic mass is 10.2. The van der Waals surface area contributed by atoms with E-state index in [-0.39, 0.29) is 11.6 Å². The molecule has 1 fully saturated rings. The molecule has 1 aliphatic rings. The van der Waals surface area contributed by atoms with Crippen LogP contribution in [0.1, 0.15) is 16.3 Å². The molecule has 152 valence electrons. The van der Waals surface area contributed by atoms with Crippen LogP contribution in [0.3, 0.4) is 0 Å². The van der Waals surface area contributed by atoms with E-state index in [1.54, 1.807) is 40.5 Å². The van der Waals surface area contributed by atoms with Gasteiger partial charge in [0.1, 0.15) is 10.7 Å². The number of thiophene rings is 1. The first-order chi connectivity index (χ1) is 13.9. The van der Waals surface area contributed by atoms with Gasteiger partial charge < -0.3 is 15.2 Å². The van der Waals surface area contributed by atoms with Crippen LogP contribution in [0.5, 0.6) is 0 Å². The highest BCUT2D eigenvalue weighted by Gasteiger charge is 2.22. The van der Waals surface area contributed by atoms with Crippen molar-refractivity contribution in [1.82, 2.24) is 19.8 Å². The van der Waals surface area contributed by atoms with E-state index in [0.717, 1.165) is 34.0 Å². The van der Waals surface area contributed by atoms with E-state index in [9.17, 15) is 9.59 Å². The van der Waals surface area contributed by atoms with E-state index in [0.29, 0.717) is 35.9 Å². The van der Waals surface area contributed by atoms with Crippen molar-refractivity contribution in [1.29, 1.82) is 0 Å². The number of aromatic amines is 1. The Balaban J connectivity index is 1.36. The number of hydrogen-bond acceptors (Lipinski definition) is 5. The Morgan fingerprint density at radius 1 is 1.21 bits per heavy atom. The maximum absolute atomic E-state index is 12.4. The molecule has 3 heterocycles. The summed E-state index contributed by atoms with van der Waals surface area (Å²) < 4.78 is 0. The minimum absolute atomic E-state index is 0.0761. The fraction of sp³-hybridized carbons (Fsp3) is 0.350. The number of halogens is 1. The molecule has 0 spiro atoms. The highest BCUT2D eigenvalue weighted by molar-refractivity contribution is 7.18. The number of carbonyl (C=O) groups is 1. The normalized spacial score (nSPS) is 15.1. The fourth-order valence-corrected chi connectivity index (χ4v) is 4.61. The van der Waals surface area contributed by atoms with Crippen LogP contribution >= 0.6 is 22.9 Å². The second-order valence-electron chi connectivity index (χ2n) is 7.18. The minimum Gasteiger partial charge on any atom is -0.322 e. The summed E-state index contributed by atoms with van der Waals surface area (Å²) in [6.45, 7) is 7.20. The van der Waals surface area contributed by atoms with Crippen molar-refractivity contribution in [2.24, 2.45) is 0 Å². The number of aryl methyl sites for hydroxylation is 2. The zero-order valence-corrected chi connectivity index (χ0v) is 17.9. The van der Waals surface area contributed by atoms with Crippen LogP contribution in [0.25, 0.3) is 10.2 Å². The maximum atomic E-state index is 12.4. The van der Waals surface area contributed by atoms with Crippen molar-refractivity contribution < 1.29 is 4.79 Å². The number of aromatic nitrogens is 2. The van der Waals surface area contributed by atoms with Crippen molar-refractivity contribution in [3.8, 4) is 0 Å². The van der Waals surface area contributed by atoms with Gasteiger partial charge in [0.2, 0.25) is 0 Å². The molecule has 0 unspecified atom stereocenters. The number of carbonyl (C=O) groups excluding carboxylic acids is 1. The van der Waals surface area contributed by atoms with Gasteiger partial charge in [-0.15, -0.1) is 11.3 Å². The van der Waals surface area contributed by atoms with Gasteiger partial charge in [0.15, 0.2) is 0 Å². The number of H-pyrrole nitrogens is 1. The number of rotatable bonds is 3. The van der Waals surface area contributed by atoms with Crippen molar-refractivity contribution in [2.75, 3.05) is 31.5 Å². The predicted molar refractivity (Wildman–Crippen MR) is 117 cm³/mol. The average Bonchev–Trinajstić information content (AvgIpc) is 2.98. The molecule has 1 saturated heterocycles. The zero-order chi connectivity index (χ0) is 20.5. The Kier molecular flexibility index (Phi) is 5.58. The first kappa shape index (κ1) is 19.9. The minimum atomic E-state index is -0.121. The SMILES string of the molecule is Cc1sc2nc(CN3CCN(C(=O)Nc4ccc(Cl)cc4)CC3)[nH]c(=O)c2c1C. The van der Waals surface area contributed by atoms with Crippen LogP contribution in [-0.2, 0) is 6.54 Å². The van der Waals surface area contributed by atoms with Crippen LogP contribution in [0.4, 0.5) is 10.5 Å². The molecular weight excluding hydrogens is 410 g/mol. The molecule has 2 N–H and O–H groups in total. The predicted octanol–water partition coefficient (Wildman–Crippen LogP) is 3.60. The third kappa shape index (κ3) is 4.29. The molecule has 1 aromatic carbocycles. The molecule has 0 radical (unpaired) electrons. The first-order valence-corrected chi connectivity index (χ1v) is 10.6. The molecule has 1 aliphatic heterocycles. The maximum Gasteiger partial charge on any atom is 0.321 e. The molecular formula is C20H22ClN5O2S. The van der Waals surface area contributed by atoms with Gasteiger partial charge in [-0.2, -0.15) is 0 Å². The second-order valence-corrected chi connectivity index (χ2v) is 8.82. The van der Waals surface area contributed by atoms with E-state index in [1.165, 1.54) is 0 Å². The third-order valence-electron chi connectivity index (χ3n) is 5.22. The Bertz CT molecular complexity index is 1100. The monoisotopic (exact) mass is 431 g/mol. The Morgan fingerprint density at radius 3 is 2.59 bits per heavy atom. The summed E-state index contributed by atoms with van der Waals surface area (Å²) in [5.74, 6) is 0.669. The van der Waals surface area contributed by atoms with Crippen LogP contribution < -0.4 is 10.9 Å².